The molecule has 17 N–H and O–H groups in total. The second-order valence-corrected chi connectivity index (χ2v) is 27.3. The molecule has 1 heterocycles. The molecule has 1 spiro atoms. The average Bonchev–Trinajstić information content (AvgIpc) is 1.58. The maximum absolute atomic E-state index is 14.8. The van der Waals surface area contributed by atoms with E-state index in [1.165, 1.54) is 13.8 Å². The number of hydrogen-bond acceptors (Lipinski definition) is 16. The Bertz CT molecular complexity index is 2930. The van der Waals surface area contributed by atoms with Crippen molar-refractivity contribution in [2.75, 3.05) is 19.7 Å². The van der Waals surface area contributed by atoms with Crippen LogP contribution < -0.4 is 60.6 Å². The van der Waals surface area contributed by atoms with E-state index in [4.69, 9.17) is 33.4 Å². The number of Topliss-reactive ketones (excluding diaryl/α,β-unsaturated/α-hetero) is 4. The highest BCUT2D eigenvalue weighted by Gasteiger charge is 2.62. The molecule has 0 radical (unpaired) electrons. The highest BCUT2D eigenvalue weighted by atomic mass is 19.1. The fourth-order valence-corrected chi connectivity index (χ4v) is 12.4. The number of carbonyl (C=O) groups is 12. The van der Waals surface area contributed by atoms with Crippen LogP contribution >= 0.6 is 0 Å². The fourth-order valence-electron chi connectivity index (χ4n) is 12.4. The monoisotopic (exact) mass is 1380 g/mol. The Hall–Kier alpha value is -7.91. The molecule has 1 aliphatic heterocycles. The number of ether oxygens (including phenoxy) is 1. The van der Waals surface area contributed by atoms with Crippen molar-refractivity contribution >= 4 is 82.4 Å². The molecule has 0 bridgehead atoms. The number of carbonyl (C=O) groups excluding carboxylic acids is 12. The second-order valence-electron chi connectivity index (χ2n) is 27.3. The van der Waals surface area contributed by atoms with Gasteiger partial charge in [0, 0.05) is 68.9 Å². The third-order valence-electron chi connectivity index (χ3n) is 19.7. The number of nitrogens with zero attached hydrogens (tertiary/aromatic N) is 2. The molecule has 1 aromatic rings. The number of esters is 1. The number of ketones is 4. The summed E-state index contributed by atoms with van der Waals surface area (Å²) in [5.41, 5.74) is 27.2. The lowest BCUT2D eigenvalue weighted by molar-refractivity contribution is -0.157. The number of hydrogen-bond donors (Lipinski definition) is 12. The van der Waals surface area contributed by atoms with Crippen LogP contribution in [0.1, 0.15) is 191 Å². The van der Waals surface area contributed by atoms with E-state index < -0.39 is 192 Å². The Morgan fingerprint density at radius 2 is 1.24 bits per heavy atom. The quantitative estimate of drug-likeness (QED) is 0.0194. The second kappa shape index (κ2) is 41.5. The van der Waals surface area contributed by atoms with Crippen LogP contribution in [0.2, 0.25) is 0 Å². The summed E-state index contributed by atoms with van der Waals surface area (Å²) in [6.07, 6.45) is -2.76. The lowest BCUT2D eigenvalue weighted by atomic mass is 9.83. The number of nitrogens with one attached hydrogen (secondary N) is 6. The lowest BCUT2D eigenvalue weighted by Gasteiger charge is -2.31. The Morgan fingerprint density at radius 1 is 0.684 bits per heavy atom. The van der Waals surface area contributed by atoms with Gasteiger partial charge in [0.2, 0.25) is 41.4 Å². The number of alkyl halides is 1. The van der Waals surface area contributed by atoms with E-state index in [0.29, 0.717) is 38.5 Å². The first kappa shape index (κ1) is 84.3. The summed E-state index contributed by atoms with van der Waals surface area (Å²) < 4.78 is 20.4. The van der Waals surface area contributed by atoms with E-state index in [2.05, 4.69) is 41.9 Å². The van der Waals surface area contributed by atoms with Gasteiger partial charge in [-0.15, -0.1) is 0 Å². The van der Waals surface area contributed by atoms with E-state index in [-0.39, 0.29) is 94.6 Å². The molecule has 18 atom stereocenters. The first-order valence-electron chi connectivity index (χ1n) is 35.1. The molecule has 2 aliphatic rings. The molecular formula is C70H114FN13O14. The van der Waals surface area contributed by atoms with Crippen LogP contribution in [0.3, 0.4) is 0 Å². The molecule has 1 aromatic carbocycles. The number of aliphatic hydroxyl groups is 1. The van der Waals surface area contributed by atoms with Gasteiger partial charge in [0.15, 0.2) is 35.1 Å². The van der Waals surface area contributed by atoms with Crippen LogP contribution in [0, 0.1) is 59.2 Å². The van der Waals surface area contributed by atoms with Gasteiger partial charge >= 0.3 is 5.97 Å². The van der Waals surface area contributed by atoms with Gasteiger partial charge in [-0.05, 0) is 107 Å². The largest absolute Gasteiger partial charge is 0.458 e. The van der Waals surface area contributed by atoms with Crippen molar-refractivity contribution in [3.63, 3.8) is 0 Å². The van der Waals surface area contributed by atoms with Crippen molar-refractivity contribution < 1.29 is 71.8 Å². The Morgan fingerprint density at radius 3 is 1.78 bits per heavy atom. The third kappa shape index (κ3) is 26.4. The van der Waals surface area contributed by atoms with Crippen molar-refractivity contribution in [3.05, 3.63) is 35.9 Å². The maximum atomic E-state index is 14.8. The Kier molecular flexibility index (Phi) is 35.7. The van der Waals surface area contributed by atoms with Gasteiger partial charge in [0.1, 0.15) is 23.7 Å². The molecule has 98 heavy (non-hydrogen) atoms. The van der Waals surface area contributed by atoms with Crippen LogP contribution in [0.4, 0.5) is 4.39 Å². The number of primary amides is 1. The Balaban J connectivity index is 1.97. The SMILES string of the molecule is CC[C@H](Cc1ccccc1)C(=O)N[C@H](C(=O)C[C@@H](CCCN=C(N)N)C(=O)N[C@H](CCC(N)=O)C(=O)C[C@@H](C(=O)N[C@H](C(=O)C[C@@H](CO)C(=O)N[C@H]1C(=O)C[C@@H](CCCN=C(N)N)C(=O)NC2(CC2CC(C)F)C(=O)N[C@@H]([C@@H](C)CC)C(=O)O[C@H]1C)[C@@H](C)CC)[C@@H](C)CC)[C@@H](C)CC. The Labute approximate surface area is 577 Å². The molecule has 550 valence electrons. The average molecular weight is 1380 g/mol. The first-order chi connectivity index (χ1) is 46.2. The third-order valence-corrected chi connectivity index (χ3v) is 19.7. The van der Waals surface area contributed by atoms with E-state index >= 15 is 0 Å². The summed E-state index contributed by atoms with van der Waals surface area (Å²) in [5.74, 6) is -17.2. The van der Waals surface area contributed by atoms with Gasteiger partial charge in [-0.1, -0.05) is 118 Å². The molecule has 1 saturated heterocycles. The molecule has 2 fully saturated rings. The van der Waals surface area contributed by atoms with E-state index in [0.717, 1.165) is 5.56 Å². The molecular weight excluding hydrogens is 1270 g/mol. The van der Waals surface area contributed by atoms with Gasteiger partial charge in [-0.2, -0.15) is 0 Å². The summed E-state index contributed by atoms with van der Waals surface area (Å²) in [6.45, 7) is 17.8. The van der Waals surface area contributed by atoms with E-state index in [1.54, 1.807) is 41.5 Å². The van der Waals surface area contributed by atoms with E-state index in [1.807, 2.05) is 51.1 Å². The number of nitrogens with two attached hydrogens (primary N) is 5. The predicted octanol–water partition coefficient (Wildman–Crippen LogP) is 3.10. The summed E-state index contributed by atoms with van der Waals surface area (Å²) in [6, 6.07) is 2.75. The maximum Gasteiger partial charge on any atom is 0.329 e. The number of aliphatic imine (C=N–C) groups is 2. The zero-order chi connectivity index (χ0) is 73.7. The molecule has 1 saturated carbocycles. The number of amides is 7. The highest BCUT2D eigenvalue weighted by Crippen LogP contribution is 2.48. The van der Waals surface area contributed by atoms with Crippen LogP contribution in [-0.4, -0.2) is 155 Å². The van der Waals surface area contributed by atoms with Gasteiger partial charge < -0.3 is 70.4 Å². The molecule has 3 rings (SSSR count). The summed E-state index contributed by atoms with van der Waals surface area (Å²) in [4.78, 5) is 179. The number of cyclic esters (lactones) is 1. The molecule has 3 unspecified atom stereocenters. The molecule has 0 aromatic heterocycles. The van der Waals surface area contributed by atoms with Crippen LogP contribution in [-0.2, 0) is 68.7 Å². The topological polar surface area (TPSA) is 461 Å². The zero-order valence-electron chi connectivity index (χ0n) is 59.5. The number of benzene rings is 1. The standard InChI is InChI=1S/C70H114FN13O14/c1-12-38(6)50(35-52(86)51(26-27-56(72)90)79-62(92)46(24-20-28-77-68(73)74)32-53(87)57(39(7)13-2)80-61(91)45(16-5)31-44-22-18-17-19-23-44)65(95)81-58(40(8)14-3)54(88)34-48(37-85)63(93)82-60-43(11)98-66(96)59(41(9)15-4)83-67(97)70(36-49(70)30-42(10)71)84-64(94)47(33-55(60)89)25-21-29-78-69(75)76/h17-19,22-23,38-43,45-51,57-60,85H,12-16,20-21,24-37H2,1-11H3,(H2,72,90)(H,79,92)(H,80,91)(H,81,95)(H,82,93)(H,83,97)(H,84,94)(H4,73,74,77)(H4,75,76,78)/t38-,39-,40-,41-,42?,43-,45+,46+,47+,48-,49?,50+,51+,57-,58-,59-,60+,70?/m0/s1. The highest BCUT2D eigenvalue weighted by molar-refractivity contribution is 6.01. The lowest BCUT2D eigenvalue weighted by Crippen LogP contribution is -2.57. The minimum Gasteiger partial charge on any atom is -0.458 e. The zero-order valence-corrected chi connectivity index (χ0v) is 59.5. The van der Waals surface area contributed by atoms with Gasteiger partial charge in [-0.3, -0.25) is 62.7 Å². The smallest absolute Gasteiger partial charge is 0.329 e. The normalized spacial score (nSPS) is 22.5. The van der Waals surface area contributed by atoms with Crippen molar-refractivity contribution in [1.29, 1.82) is 0 Å². The van der Waals surface area contributed by atoms with E-state index in [9.17, 15) is 67.0 Å². The first-order valence-corrected chi connectivity index (χ1v) is 35.1. The molecule has 27 nitrogen and oxygen atoms in total. The minimum atomic E-state index is -1.70. The minimum absolute atomic E-state index is 0.0117. The molecule has 7 amide bonds. The van der Waals surface area contributed by atoms with Gasteiger partial charge in [0.25, 0.3) is 0 Å². The molecule has 1 aliphatic carbocycles. The van der Waals surface area contributed by atoms with Crippen molar-refractivity contribution in [1.82, 2.24) is 31.9 Å². The number of halogens is 1. The van der Waals surface area contributed by atoms with Crippen LogP contribution in [0.15, 0.2) is 40.3 Å². The fraction of sp³-hybridized carbons (Fsp3) is 0.714. The van der Waals surface area contributed by atoms with Crippen molar-refractivity contribution in [2.24, 2.45) is 97.8 Å². The molecule has 28 heteroatoms. The van der Waals surface area contributed by atoms with Gasteiger partial charge in [0.05, 0.1) is 36.8 Å². The van der Waals surface area contributed by atoms with Crippen molar-refractivity contribution in [3.8, 4) is 0 Å². The summed E-state index contributed by atoms with van der Waals surface area (Å²) in [5, 5.41) is 27.5. The summed E-state index contributed by atoms with van der Waals surface area (Å²) >= 11 is 0. The predicted molar refractivity (Wildman–Crippen MR) is 369 cm³/mol. The van der Waals surface area contributed by atoms with Crippen molar-refractivity contribution in [2.45, 2.75) is 240 Å². The van der Waals surface area contributed by atoms with Crippen LogP contribution in [0.5, 0.6) is 0 Å². The van der Waals surface area contributed by atoms with Crippen LogP contribution in [0.25, 0.3) is 0 Å². The number of aliphatic hydroxyl groups excluding tert-OH is 1. The summed E-state index contributed by atoms with van der Waals surface area (Å²) in [7, 11) is 0. The number of rotatable bonds is 42. The van der Waals surface area contributed by atoms with Gasteiger partial charge in [-0.25, -0.2) is 9.18 Å². The number of guanidine groups is 2.